The molecular weight excluding hydrogens is 394 g/mol. The van der Waals surface area contributed by atoms with Crippen LogP contribution < -0.4 is 5.32 Å². The number of carbonyl (C=O) groups excluding carboxylic acids is 2. The Labute approximate surface area is 170 Å². The molecule has 3 rings (SSSR count). The lowest BCUT2D eigenvalue weighted by Crippen LogP contribution is -2.17. The third kappa shape index (κ3) is 4.61. The second-order valence-electron chi connectivity index (χ2n) is 6.14. The van der Waals surface area contributed by atoms with E-state index in [1.807, 2.05) is 0 Å². The van der Waals surface area contributed by atoms with Crippen LogP contribution in [0.5, 0.6) is 0 Å². The minimum atomic E-state index is -0.550. The van der Waals surface area contributed by atoms with Crippen molar-refractivity contribution in [1.29, 1.82) is 0 Å². The molecule has 0 spiro atoms. The average Bonchev–Trinajstić information content (AvgIpc) is 3.23. The zero-order valence-corrected chi connectivity index (χ0v) is 16.4. The number of anilines is 1. The van der Waals surface area contributed by atoms with Crippen molar-refractivity contribution in [3.05, 3.63) is 76.9 Å². The fourth-order valence-electron chi connectivity index (χ4n) is 2.47. The van der Waals surface area contributed by atoms with E-state index in [4.69, 9.17) is 0 Å². The molecule has 0 aliphatic heterocycles. The van der Waals surface area contributed by atoms with Gasteiger partial charge in [-0.1, -0.05) is 12.1 Å². The minimum absolute atomic E-state index is 0.124. The standard InChI is InChI=1S/C19H17N5O4S/c1-22(2)19(26)29-17-6-4-3-5-14(17)21-18(25)13-7-8-15(16(11-13)24(27)28)23-10-9-20-12-23/h3-12H,1-2H3,(H,21,25). The first-order valence-corrected chi connectivity index (χ1v) is 9.24. The van der Waals surface area contributed by atoms with Crippen molar-refractivity contribution >= 4 is 34.3 Å². The van der Waals surface area contributed by atoms with E-state index in [1.54, 1.807) is 44.6 Å². The summed E-state index contributed by atoms with van der Waals surface area (Å²) in [7, 11) is 3.27. The molecule has 2 amide bonds. The van der Waals surface area contributed by atoms with E-state index in [0.29, 0.717) is 16.3 Å². The molecule has 0 unspecified atom stereocenters. The predicted octanol–water partition coefficient (Wildman–Crippen LogP) is 3.81. The summed E-state index contributed by atoms with van der Waals surface area (Å²) in [6.07, 6.45) is 4.53. The minimum Gasteiger partial charge on any atom is -0.339 e. The SMILES string of the molecule is CN(C)C(=O)Sc1ccccc1NC(=O)c1ccc(-n2ccnc2)c([N+](=O)[O-])c1. The summed E-state index contributed by atoms with van der Waals surface area (Å²) in [6, 6.07) is 11.1. The molecule has 2 aromatic carbocycles. The van der Waals surface area contributed by atoms with Crippen molar-refractivity contribution in [3.63, 3.8) is 0 Å². The molecule has 0 saturated carbocycles. The number of nitro groups is 1. The molecule has 1 aromatic heterocycles. The number of hydrogen-bond donors (Lipinski definition) is 1. The van der Waals surface area contributed by atoms with E-state index < -0.39 is 10.8 Å². The highest BCUT2D eigenvalue weighted by atomic mass is 32.2. The highest BCUT2D eigenvalue weighted by Gasteiger charge is 2.20. The first-order valence-electron chi connectivity index (χ1n) is 8.43. The number of nitro benzene ring substituents is 1. The van der Waals surface area contributed by atoms with E-state index in [1.165, 1.54) is 40.2 Å². The molecule has 9 nitrogen and oxygen atoms in total. The van der Waals surface area contributed by atoms with E-state index in [0.717, 1.165) is 11.8 Å². The maximum Gasteiger partial charge on any atom is 0.294 e. The summed E-state index contributed by atoms with van der Waals surface area (Å²) in [5.74, 6) is -0.518. The number of nitrogens with one attached hydrogen (secondary N) is 1. The molecule has 1 heterocycles. The Hall–Kier alpha value is -3.66. The summed E-state index contributed by atoms with van der Waals surface area (Å²) in [5, 5.41) is 14.0. The number of para-hydroxylation sites is 1. The molecule has 0 saturated heterocycles. The van der Waals surface area contributed by atoms with Gasteiger partial charge in [0.05, 0.1) is 16.9 Å². The van der Waals surface area contributed by atoms with Crippen molar-refractivity contribution in [2.45, 2.75) is 4.90 Å². The van der Waals surface area contributed by atoms with E-state index in [9.17, 15) is 19.7 Å². The Kier molecular flexibility index (Phi) is 5.93. The van der Waals surface area contributed by atoms with Crippen LogP contribution in [0.25, 0.3) is 5.69 Å². The van der Waals surface area contributed by atoms with Gasteiger partial charge in [-0.05, 0) is 36.0 Å². The van der Waals surface area contributed by atoms with Gasteiger partial charge >= 0.3 is 0 Å². The lowest BCUT2D eigenvalue weighted by molar-refractivity contribution is -0.384. The third-order valence-electron chi connectivity index (χ3n) is 3.91. The van der Waals surface area contributed by atoms with Crippen LogP contribution in [-0.4, -0.2) is 44.6 Å². The van der Waals surface area contributed by atoms with E-state index in [2.05, 4.69) is 10.3 Å². The van der Waals surface area contributed by atoms with Crippen LogP contribution in [-0.2, 0) is 0 Å². The molecule has 1 N–H and O–H groups in total. The van der Waals surface area contributed by atoms with E-state index >= 15 is 0 Å². The van der Waals surface area contributed by atoms with Crippen molar-refractivity contribution < 1.29 is 14.5 Å². The van der Waals surface area contributed by atoms with Gasteiger partial charge in [-0.25, -0.2) is 4.98 Å². The fourth-order valence-corrected chi connectivity index (χ4v) is 3.22. The van der Waals surface area contributed by atoms with Crippen LogP contribution in [0.2, 0.25) is 0 Å². The number of aromatic nitrogens is 2. The zero-order valence-electron chi connectivity index (χ0n) is 15.6. The Bertz CT molecular complexity index is 1070. The Balaban J connectivity index is 1.88. The number of benzene rings is 2. The summed E-state index contributed by atoms with van der Waals surface area (Å²) in [5.41, 5.74) is 0.649. The van der Waals surface area contributed by atoms with Crippen LogP contribution in [0.4, 0.5) is 16.2 Å². The van der Waals surface area contributed by atoms with Gasteiger partial charge < -0.3 is 14.8 Å². The van der Waals surface area contributed by atoms with Crippen LogP contribution in [0, 0.1) is 10.1 Å². The van der Waals surface area contributed by atoms with Crippen molar-refractivity contribution in [2.24, 2.45) is 0 Å². The summed E-state index contributed by atoms with van der Waals surface area (Å²) in [6.45, 7) is 0. The van der Waals surface area contributed by atoms with Gasteiger partial charge in [0.25, 0.3) is 16.8 Å². The second-order valence-corrected chi connectivity index (χ2v) is 7.14. The molecule has 0 radical (unpaired) electrons. The Morgan fingerprint density at radius 1 is 1.21 bits per heavy atom. The molecule has 0 aliphatic carbocycles. The van der Waals surface area contributed by atoms with Crippen LogP contribution in [0.1, 0.15) is 10.4 Å². The maximum atomic E-state index is 12.7. The number of carbonyl (C=O) groups is 2. The molecular formula is C19H17N5O4S. The molecule has 0 atom stereocenters. The molecule has 10 heteroatoms. The third-order valence-corrected chi connectivity index (χ3v) is 5.03. The van der Waals surface area contributed by atoms with Gasteiger partial charge in [-0.3, -0.25) is 19.7 Å². The normalized spacial score (nSPS) is 10.4. The number of nitrogens with zero attached hydrogens (tertiary/aromatic N) is 4. The molecule has 0 fully saturated rings. The largest absolute Gasteiger partial charge is 0.339 e. The number of hydrogen-bond acceptors (Lipinski definition) is 6. The predicted molar refractivity (Wildman–Crippen MR) is 110 cm³/mol. The average molecular weight is 411 g/mol. The second kappa shape index (κ2) is 8.57. The topological polar surface area (TPSA) is 110 Å². The number of imidazole rings is 1. The molecule has 29 heavy (non-hydrogen) atoms. The first-order chi connectivity index (χ1) is 13.9. The first kappa shape index (κ1) is 20.1. The summed E-state index contributed by atoms with van der Waals surface area (Å²) in [4.78, 5) is 41.5. The molecule has 3 aromatic rings. The van der Waals surface area contributed by atoms with Crippen molar-refractivity contribution in [2.75, 3.05) is 19.4 Å². The van der Waals surface area contributed by atoms with Gasteiger partial charge in [-0.2, -0.15) is 0 Å². The van der Waals surface area contributed by atoms with Crippen LogP contribution in [0.15, 0.2) is 66.1 Å². The molecule has 148 valence electrons. The van der Waals surface area contributed by atoms with Gasteiger partial charge in [0, 0.05) is 43.0 Å². The fraction of sp³-hybridized carbons (Fsp3) is 0.105. The smallest absolute Gasteiger partial charge is 0.294 e. The Morgan fingerprint density at radius 3 is 2.62 bits per heavy atom. The van der Waals surface area contributed by atoms with Gasteiger partial charge in [0.1, 0.15) is 5.69 Å². The highest BCUT2D eigenvalue weighted by Crippen LogP contribution is 2.30. The van der Waals surface area contributed by atoms with Gasteiger partial charge in [0.15, 0.2) is 0 Å². The van der Waals surface area contributed by atoms with Crippen LogP contribution >= 0.6 is 11.8 Å². The molecule has 0 bridgehead atoms. The Morgan fingerprint density at radius 2 is 1.97 bits per heavy atom. The lowest BCUT2D eigenvalue weighted by Gasteiger charge is -2.13. The lowest BCUT2D eigenvalue weighted by atomic mass is 10.1. The van der Waals surface area contributed by atoms with Gasteiger partial charge in [0.2, 0.25) is 0 Å². The van der Waals surface area contributed by atoms with Gasteiger partial charge in [-0.15, -0.1) is 0 Å². The molecule has 0 aliphatic rings. The summed E-state index contributed by atoms with van der Waals surface area (Å²) < 4.78 is 1.50. The zero-order chi connectivity index (χ0) is 21.0. The number of thioether (sulfide) groups is 1. The number of rotatable bonds is 5. The quantitative estimate of drug-likeness (QED) is 0.388. The monoisotopic (exact) mass is 411 g/mol. The summed E-state index contributed by atoms with van der Waals surface area (Å²) >= 11 is 0.978. The maximum absolute atomic E-state index is 12.7. The van der Waals surface area contributed by atoms with E-state index in [-0.39, 0.29) is 16.5 Å². The highest BCUT2D eigenvalue weighted by molar-refractivity contribution is 8.13. The van der Waals surface area contributed by atoms with Crippen LogP contribution in [0.3, 0.4) is 0 Å². The van der Waals surface area contributed by atoms with Crippen molar-refractivity contribution in [1.82, 2.24) is 14.5 Å². The van der Waals surface area contributed by atoms with Crippen molar-refractivity contribution in [3.8, 4) is 5.69 Å². The number of amides is 2.